The molecule has 2 aliphatic carbocycles. The highest BCUT2D eigenvalue weighted by Gasteiger charge is 2.55. The van der Waals surface area contributed by atoms with E-state index in [-0.39, 0.29) is 24.9 Å². The number of carboxylic acid groups (broad SMARTS) is 1. The summed E-state index contributed by atoms with van der Waals surface area (Å²) in [6.45, 7) is 2.25. The van der Waals surface area contributed by atoms with Crippen LogP contribution in [0.5, 0.6) is 0 Å². The third kappa shape index (κ3) is 4.65. The monoisotopic (exact) mass is 464 g/mol. The third-order valence-electron chi connectivity index (χ3n) is 7.13. The van der Waals surface area contributed by atoms with Gasteiger partial charge in [0, 0.05) is 25.4 Å². The number of unbranched alkanes of at least 4 members (excludes halogenated alkanes) is 1. The fourth-order valence-electron chi connectivity index (χ4n) is 4.88. The lowest BCUT2D eigenvalue weighted by atomic mass is 9.98. The molecule has 0 saturated heterocycles. The van der Waals surface area contributed by atoms with Gasteiger partial charge in [0.2, 0.25) is 5.91 Å². The number of aliphatic carboxylic acids is 1. The van der Waals surface area contributed by atoms with Gasteiger partial charge in [0.05, 0.1) is 0 Å². The minimum absolute atomic E-state index is 0.0368. The van der Waals surface area contributed by atoms with Crippen molar-refractivity contribution in [1.29, 1.82) is 0 Å². The molecule has 0 aromatic heterocycles. The normalized spacial score (nSPS) is 16.2. The first-order valence-electron chi connectivity index (χ1n) is 12.0. The second-order valence-corrected chi connectivity index (χ2v) is 9.30. The molecule has 1 unspecified atom stereocenters. The van der Waals surface area contributed by atoms with Crippen LogP contribution in [-0.2, 0) is 14.3 Å². The molecule has 2 aliphatic rings. The molecular formula is C27H32N2O5. The number of carbonyl (C=O) groups excluding carboxylic acids is 2. The topological polar surface area (TPSA) is 95.9 Å². The number of carboxylic acids is 1. The Hall–Kier alpha value is -3.35. The fraction of sp³-hybridized carbons (Fsp3) is 0.444. The fourth-order valence-corrected chi connectivity index (χ4v) is 4.88. The number of rotatable bonds is 10. The summed E-state index contributed by atoms with van der Waals surface area (Å²) in [6.07, 6.45) is 2.81. The van der Waals surface area contributed by atoms with Crippen molar-refractivity contribution >= 4 is 18.0 Å². The maximum Gasteiger partial charge on any atom is 0.407 e. The lowest BCUT2D eigenvalue weighted by Crippen LogP contribution is -2.47. The molecule has 0 aliphatic heterocycles. The molecule has 2 aromatic carbocycles. The van der Waals surface area contributed by atoms with E-state index >= 15 is 0 Å². The summed E-state index contributed by atoms with van der Waals surface area (Å²) in [5.74, 6) is -1.29. The van der Waals surface area contributed by atoms with E-state index in [9.17, 15) is 19.5 Å². The second-order valence-electron chi connectivity index (χ2n) is 9.30. The minimum atomic E-state index is -1.09. The highest BCUT2D eigenvalue weighted by molar-refractivity contribution is 5.89. The van der Waals surface area contributed by atoms with Gasteiger partial charge in [-0.25, -0.2) is 9.59 Å². The van der Waals surface area contributed by atoms with Crippen molar-refractivity contribution < 1.29 is 24.2 Å². The van der Waals surface area contributed by atoms with Crippen molar-refractivity contribution in [2.75, 3.05) is 13.7 Å². The second kappa shape index (κ2) is 9.87. The van der Waals surface area contributed by atoms with Crippen molar-refractivity contribution in [3.05, 3.63) is 59.7 Å². The Balaban J connectivity index is 1.38. The predicted molar refractivity (Wildman–Crippen MR) is 129 cm³/mol. The lowest BCUT2D eigenvalue weighted by Gasteiger charge is -2.27. The summed E-state index contributed by atoms with van der Waals surface area (Å²) < 4.78 is 5.64. The number of benzene rings is 2. The number of ether oxygens (including phenoxy) is 1. The summed E-state index contributed by atoms with van der Waals surface area (Å²) in [4.78, 5) is 38.4. The van der Waals surface area contributed by atoms with Gasteiger partial charge < -0.3 is 20.1 Å². The number of nitrogens with one attached hydrogen (secondary N) is 1. The average Bonchev–Trinajstić information content (AvgIpc) is 3.59. The van der Waals surface area contributed by atoms with Crippen molar-refractivity contribution in [1.82, 2.24) is 10.2 Å². The highest BCUT2D eigenvalue weighted by atomic mass is 16.5. The Labute approximate surface area is 200 Å². The molecule has 0 radical (unpaired) electrons. The van der Waals surface area contributed by atoms with Crippen LogP contribution in [0.1, 0.15) is 62.5 Å². The molecule has 1 saturated carbocycles. The minimum Gasteiger partial charge on any atom is -0.479 e. The number of hydrogen-bond donors (Lipinski definition) is 2. The van der Waals surface area contributed by atoms with Crippen LogP contribution in [0.3, 0.4) is 0 Å². The van der Waals surface area contributed by atoms with Crippen LogP contribution >= 0.6 is 0 Å². The standard InChI is InChI=1S/C27H32N2O5/c1-3-4-9-18(16-24(30)29(2)27(14-15-27)25(31)32)28-26(33)34-17-23-21-12-7-5-10-19(21)20-11-6-8-13-22(20)23/h5-8,10-13,18,23H,3-4,9,14-17H2,1-2H3,(H,28,33)(H,31,32). The van der Waals surface area contributed by atoms with E-state index in [4.69, 9.17) is 4.74 Å². The molecule has 7 nitrogen and oxygen atoms in total. The van der Waals surface area contributed by atoms with Crippen molar-refractivity contribution in [3.63, 3.8) is 0 Å². The maximum absolute atomic E-state index is 12.8. The van der Waals surface area contributed by atoms with Crippen molar-refractivity contribution in [2.24, 2.45) is 0 Å². The van der Waals surface area contributed by atoms with Gasteiger partial charge in [-0.3, -0.25) is 4.79 Å². The molecule has 1 fully saturated rings. The molecule has 0 bridgehead atoms. The van der Waals surface area contributed by atoms with Gasteiger partial charge in [0.25, 0.3) is 0 Å². The Morgan fingerprint density at radius 1 is 1.09 bits per heavy atom. The number of carbonyl (C=O) groups is 3. The van der Waals surface area contributed by atoms with Gasteiger partial charge in [-0.1, -0.05) is 68.3 Å². The largest absolute Gasteiger partial charge is 0.479 e. The van der Waals surface area contributed by atoms with Crippen LogP contribution < -0.4 is 5.32 Å². The van der Waals surface area contributed by atoms with Gasteiger partial charge >= 0.3 is 12.1 Å². The zero-order chi connectivity index (χ0) is 24.3. The molecule has 0 heterocycles. The van der Waals surface area contributed by atoms with Gasteiger partial charge in [0.15, 0.2) is 0 Å². The first-order chi connectivity index (χ1) is 16.4. The Morgan fingerprint density at radius 3 is 2.21 bits per heavy atom. The first-order valence-corrected chi connectivity index (χ1v) is 12.0. The van der Waals surface area contributed by atoms with Crippen LogP contribution in [-0.4, -0.2) is 53.2 Å². The number of alkyl carbamates (subject to hydrolysis) is 1. The molecule has 2 amide bonds. The summed E-state index contributed by atoms with van der Waals surface area (Å²) in [6, 6.07) is 15.9. The maximum atomic E-state index is 12.8. The zero-order valence-corrected chi connectivity index (χ0v) is 19.8. The van der Waals surface area contributed by atoms with Gasteiger partial charge in [-0.15, -0.1) is 0 Å². The number of likely N-dealkylation sites (N-methyl/N-ethyl adjacent to an activating group) is 1. The molecule has 180 valence electrons. The van der Waals surface area contributed by atoms with Crippen molar-refractivity contribution in [3.8, 4) is 11.1 Å². The number of nitrogens with zero attached hydrogens (tertiary/aromatic N) is 1. The van der Waals surface area contributed by atoms with E-state index in [0.717, 1.165) is 35.1 Å². The SMILES string of the molecule is CCCCC(CC(=O)N(C)C1(C(=O)O)CC1)NC(=O)OCC1c2ccccc2-c2ccccc21. The molecular weight excluding hydrogens is 432 g/mol. The van der Waals surface area contributed by atoms with Gasteiger partial charge in [-0.05, 0) is 41.5 Å². The Bertz CT molecular complexity index is 1030. The van der Waals surface area contributed by atoms with E-state index in [1.54, 1.807) is 0 Å². The van der Waals surface area contributed by atoms with Gasteiger partial charge in [-0.2, -0.15) is 0 Å². The molecule has 34 heavy (non-hydrogen) atoms. The van der Waals surface area contributed by atoms with Crippen LogP contribution in [0.2, 0.25) is 0 Å². The van der Waals surface area contributed by atoms with E-state index in [2.05, 4.69) is 29.6 Å². The summed E-state index contributed by atoms with van der Waals surface area (Å²) in [7, 11) is 1.54. The first kappa shape index (κ1) is 23.8. The van der Waals surface area contributed by atoms with Crippen molar-refractivity contribution in [2.45, 2.75) is 62.9 Å². The summed E-state index contributed by atoms with van der Waals surface area (Å²) in [5.41, 5.74) is 3.51. The average molecular weight is 465 g/mol. The highest BCUT2D eigenvalue weighted by Crippen LogP contribution is 2.44. The van der Waals surface area contributed by atoms with E-state index in [1.807, 2.05) is 31.2 Å². The zero-order valence-electron chi connectivity index (χ0n) is 19.8. The molecule has 2 N–H and O–H groups in total. The quantitative estimate of drug-likeness (QED) is 0.538. The van der Waals surface area contributed by atoms with Crippen LogP contribution in [0, 0.1) is 0 Å². The Kier molecular flexibility index (Phi) is 6.91. The van der Waals surface area contributed by atoms with E-state index in [0.29, 0.717) is 19.3 Å². The van der Waals surface area contributed by atoms with Crippen LogP contribution in [0.25, 0.3) is 11.1 Å². The summed E-state index contributed by atoms with van der Waals surface area (Å²) >= 11 is 0. The smallest absolute Gasteiger partial charge is 0.407 e. The Morgan fingerprint density at radius 2 is 1.68 bits per heavy atom. The predicted octanol–water partition coefficient (Wildman–Crippen LogP) is 4.55. The molecule has 7 heteroatoms. The van der Waals surface area contributed by atoms with E-state index < -0.39 is 23.6 Å². The molecule has 1 atom stereocenters. The molecule has 0 spiro atoms. The number of amides is 2. The third-order valence-corrected chi connectivity index (χ3v) is 7.13. The molecule has 2 aromatic rings. The number of hydrogen-bond acceptors (Lipinski definition) is 4. The molecule has 4 rings (SSSR count). The summed E-state index contributed by atoms with van der Waals surface area (Å²) in [5, 5.41) is 12.3. The van der Waals surface area contributed by atoms with Crippen LogP contribution in [0.4, 0.5) is 4.79 Å². The van der Waals surface area contributed by atoms with Crippen LogP contribution in [0.15, 0.2) is 48.5 Å². The van der Waals surface area contributed by atoms with Gasteiger partial charge in [0.1, 0.15) is 12.1 Å². The van der Waals surface area contributed by atoms with E-state index in [1.165, 1.54) is 11.9 Å². The number of fused-ring (bicyclic) bond motifs is 3. The lowest BCUT2D eigenvalue weighted by molar-refractivity contribution is -0.151.